The molecule has 0 unspecified atom stereocenters. The van der Waals surface area contributed by atoms with E-state index in [1.807, 2.05) is 12.1 Å². The number of benzene rings is 2. The van der Waals surface area contributed by atoms with Crippen molar-refractivity contribution in [2.24, 2.45) is 11.8 Å². The van der Waals surface area contributed by atoms with Crippen LogP contribution in [-0.4, -0.2) is 20.8 Å². The fourth-order valence-electron chi connectivity index (χ4n) is 4.75. The first-order chi connectivity index (χ1) is 15.5. The molecule has 7 heteroatoms. The molecule has 0 aliphatic heterocycles. The highest BCUT2D eigenvalue weighted by atomic mass is 35.5. The van der Waals surface area contributed by atoms with Crippen molar-refractivity contribution >= 4 is 45.7 Å². The van der Waals surface area contributed by atoms with Gasteiger partial charge in [0.05, 0.1) is 27.2 Å². The van der Waals surface area contributed by atoms with Crippen LogP contribution in [-0.2, 0) is 5.60 Å². The first-order valence-corrected chi connectivity index (χ1v) is 12.3. The van der Waals surface area contributed by atoms with Gasteiger partial charge in [0.1, 0.15) is 0 Å². The average Bonchev–Trinajstić information content (AvgIpc) is 3.17. The summed E-state index contributed by atoms with van der Waals surface area (Å²) in [5.41, 5.74) is 1.20. The summed E-state index contributed by atoms with van der Waals surface area (Å²) in [6, 6.07) is 8.89. The van der Waals surface area contributed by atoms with Crippen molar-refractivity contribution in [1.82, 2.24) is 9.78 Å². The summed E-state index contributed by atoms with van der Waals surface area (Å²) in [6.07, 6.45) is 6.74. The lowest BCUT2D eigenvalue weighted by molar-refractivity contribution is 0.0794. The van der Waals surface area contributed by atoms with Gasteiger partial charge < -0.3 is 10.4 Å². The average molecular weight is 488 g/mol. The van der Waals surface area contributed by atoms with Gasteiger partial charge >= 0.3 is 0 Å². The van der Waals surface area contributed by atoms with E-state index >= 15 is 0 Å². The van der Waals surface area contributed by atoms with Crippen molar-refractivity contribution in [3.8, 4) is 0 Å². The summed E-state index contributed by atoms with van der Waals surface area (Å²) in [6.45, 7) is 8.01. The smallest absolute Gasteiger partial charge is 0.255 e. The molecule has 2 N–H and O–H groups in total. The maximum absolute atomic E-state index is 12.9. The Morgan fingerprint density at radius 2 is 1.82 bits per heavy atom. The topological polar surface area (TPSA) is 67.2 Å². The molecular formula is C26H31Cl2N3O2. The molecule has 0 spiro atoms. The number of hydrogen-bond acceptors (Lipinski definition) is 3. The number of halogens is 2. The van der Waals surface area contributed by atoms with Crippen molar-refractivity contribution in [3.63, 3.8) is 0 Å². The van der Waals surface area contributed by atoms with Crippen LogP contribution in [0, 0.1) is 11.8 Å². The van der Waals surface area contributed by atoms with E-state index in [0.29, 0.717) is 32.9 Å². The molecule has 1 aliphatic rings. The predicted molar refractivity (Wildman–Crippen MR) is 135 cm³/mol. The number of rotatable bonds is 5. The minimum absolute atomic E-state index is 0.316. The van der Waals surface area contributed by atoms with Crippen LogP contribution < -0.4 is 5.32 Å². The van der Waals surface area contributed by atoms with Crippen LogP contribution in [0.25, 0.3) is 10.9 Å². The highest BCUT2D eigenvalue weighted by Gasteiger charge is 2.27. The summed E-state index contributed by atoms with van der Waals surface area (Å²) in [5, 5.41) is 20.2. The van der Waals surface area contributed by atoms with Gasteiger partial charge in [0, 0.05) is 28.4 Å². The van der Waals surface area contributed by atoms with Gasteiger partial charge in [0.25, 0.3) is 5.91 Å². The Balaban J connectivity index is 1.64. The Kier molecular flexibility index (Phi) is 6.77. The van der Waals surface area contributed by atoms with Crippen LogP contribution >= 0.6 is 23.2 Å². The number of carbonyl (C=O) groups excluding carboxylic acids is 1. The number of nitrogens with one attached hydrogen (secondary N) is 1. The number of nitrogens with zero attached hydrogens (tertiary/aromatic N) is 2. The van der Waals surface area contributed by atoms with Gasteiger partial charge in [0.15, 0.2) is 0 Å². The second-order valence-corrected chi connectivity index (χ2v) is 10.8. The monoisotopic (exact) mass is 487 g/mol. The summed E-state index contributed by atoms with van der Waals surface area (Å²) < 4.78 is 2.07. The first-order valence-electron chi connectivity index (χ1n) is 11.5. The van der Waals surface area contributed by atoms with E-state index in [1.54, 1.807) is 26.0 Å². The molecular weight excluding hydrogens is 457 g/mol. The lowest BCUT2D eigenvalue weighted by Crippen LogP contribution is -2.21. The summed E-state index contributed by atoms with van der Waals surface area (Å²) in [5.74, 6) is 1.19. The molecule has 1 fully saturated rings. The van der Waals surface area contributed by atoms with Crippen LogP contribution in [0.4, 0.5) is 5.69 Å². The van der Waals surface area contributed by atoms with Gasteiger partial charge in [0.2, 0.25) is 0 Å². The molecule has 0 bridgehead atoms. The largest absolute Gasteiger partial charge is 0.386 e. The number of aliphatic hydroxyl groups is 1. The molecule has 1 amide bonds. The number of aromatic nitrogens is 2. The molecule has 3 aromatic rings. The van der Waals surface area contributed by atoms with Crippen molar-refractivity contribution in [3.05, 3.63) is 57.7 Å². The second-order valence-electron chi connectivity index (χ2n) is 10.0. The van der Waals surface area contributed by atoms with Gasteiger partial charge in [-0.05, 0) is 81.7 Å². The SMILES string of the molecule is CC(C)[C@H]1CC[C@H](n2cc3cc(NC(=O)c4ccc(Cl)c(Cl)c4)c(C(C)(C)O)cc3n2)CC1. The first kappa shape index (κ1) is 24.1. The number of amides is 1. The van der Waals surface area contributed by atoms with E-state index in [1.165, 1.54) is 18.9 Å². The van der Waals surface area contributed by atoms with Crippen LogP contribution in [0.3, 0.4) is 0 Å². The third-order valence-corrected chi connectivity index (χ3v) is 7.55. The third-order valence-electron chi connectivity index (χ3n) is 6.81. The maximum Gasteiger partial charge on any atom is 0.255 e. The van der Waals surface area contributed by atoms with Crippen LogP contribution in [0.5, 0.6) is 0 Å². The lowest BCUT2D eigenvalue weighted by Gasteiger charge is -2.30. The summed E-state index contributed by atoms with van der Waals surface area (Å²) in [4.78, 5) is 12.9. The number of anilines is 1. The molecule has 33 heavy (non-hydrogen) atoms. The Morgan fingerprint density at radius 1 is 1.12 bits per heavy atom. The zero-order valence-electron chi connectivity index (χ0n) is 19.5. The van der Waals surface area contributed by atoms with Crippen LogP contribution in [0.2, 0.25) is 10.0 Å². The lowest BCUT2D eigenvalue weighted by atomic mass is 9.80. The van der Waals surface area contributed by atoms with Crippen molar-refractivity contribution < 1.29 is 9.90 Å². The molecule has 1 aromatic heterocycles. The highest BCUT2D eigenvalue weighted by Crippen LogP contribution is 2.37. The molecule has 176 valence electrons. The fraction of sp³-hybridized carbons (Fsp3) is 0.462. The Hall–Kier alpha value is -2.08. The van der Waals surface area contributed by atoms with E-state index in [9.17, 15) is 9.90 Å². The van der Waals surface area contributed by atoms with Gasteiger partial charge in [-0.1, -0.05) is 37.0 Å². The van der Waals surface area contributed by atoms with Gasteiger partial charge in [-0.25, -0.2) is 0 Å². The van der Waals surface area contributed by atoms with Crippen molar-refractivity contribution in [2.45, 2.75) is 65.0 Å². The molecule has 4 rings (SSSR count). The molecule has 5 nitrogen and oxygen atoms in total. The standard InChI is InChI=1S/C26H31Cl2N3O2/c1-15(2)16-5-8-19(9-6-16)31-14-18-12-24(20(26(3,4)33)13-23(18)30-31)29-25(32)17-7-10-21(27)22(28)11-17/h7,10-16,19,33H,5-6,8-9H2,1-4H3,(H,29,32)/t16-,19-. The van der Waals surface area contributed by atoms with Gasteiger partial charge in [-0.3, -0.25) is 9.48 Å². The minimum Gasteiger partial charge on any atom is -0.386 e. The van der Waals surface area contributed by atoms with Gasteiger partial charge in [-0.15, -0.1) is 0 Å². The minimum atomic E-state index is -1.16. The fourth-order valence-corrected chi connectivity index (χ4v) is 5.05. The summed E-state index contributed by atoms with van der Waals surface area (Å²) >= 11 is 12.1. The zero-order valence-corrected chi connectivity index (χ0v) is 21.0. The Bertz CT molecular complexity index is 1170. The van der Waals surface area contributed by atoms with Crippen LogP contribution in [0.15, 0.2) is 36.5 Å². The van der Waals surface area contributed by atoms with E-state index in [0.717, 1.165) is 35.6 Å². The third kappa shape index (κ3) is 5.21. The number of fused-ring (bicyclic) bond motifs is 1. The van der Waals surface area contributed by atoms with E-state index in [2.05, 4.69) is 30.0 Å². The summed E-state index contributed by atoms with van der Waals surface area (Å²) in [7, 11) is 0. The van der Waals surface area contributed by atoms with E-state index < -0.39 is 5.60 Å². The quantitative estimate of drug-likeness (QED) is 0.399. The zero-order chi connectivity index (χ0) is 23.9. The molecule has 1 saturated carbocycles. The number of carbonyl (C=O) groups is 1. The normalized spacial score (nSPS) is 19.3. The Labute approximate surface area is 205 Å². The molecule has 1 aliphatic carbocycles. The predicted octanol–water partition coefficient (Wildman–Crippen LogP) is 7.21. The van der Waals surface area contributed by atoms with Crippen LogP contribution in [0.1, 0.15) is 75.3 Å². The van der Waals surface area contributed by atoms with Crippen molar-refractivity contribution in [1.29, 1.82) is 0 Å². The maximum atomic E-state index is 12.9. The molecule has 0 saturated heterocycles. The molecule has 1 heterocycles. The molecule has 2 aromatic carbocycles. The van der Waals surface area contributed by atoms with Gasteiger partial charge in [-0.2, -0.15) is 5.10 Å². The Morgan fingerprint density at radius 3 is 2.42 bits per heavy atom. The van der Waals surface area contributed by atoms with E-state index in [-0.39, 0.29) is 5.91 Å². The second kappa shape index (κ2) is 9.28. The highest BCUT2D eigenvalue weighted by molar-refractivity contribution is 6.42. The van der Waals surface area contributed by atoms with E-state index in [4.69, 9.17) is 28.3 Å². The number of hydrogen-bond donors (Lipinski definition) is 2. The molecule has 0 atom stereocenters. The van der Waals surface area contributed by atoms with Crippen molar-refractivity contribution in [2.75, 3.05) is 5.32 Å². The molecule has 0 radical (unpaired) electrons.